The molecule has 0 amide bonds. The van der Waals surface area contributed by atoms with Crippen molar-refractivity contribution in [3.8, 4) is 5.75 Å². The molecule has 1 aliphatic rings. The molecule has 180 valence electrons. The molecular weight excluding hydrogens is 465 g/mol. The number of hydrogen-bond donors (Lipinski definition) is 2. The second-order valence-electron chi connectivity index (χ2n) is 8.27. The van der Waals surface area contributed by atoms with E-state index in [-0.39, 0.29) is 17.1 Å². The highest BCUT2D eigenvalue weighted by Crippen LogP contribution is 2.37. The van der Waals surface area contributed by atoms with Crippen LogP contribution in [0.4, 0.5) is 19.0 Å². The third kappa shape index (κ3) is 4.72. The van der Waals surface area contributed by atoms with E-state index >= 15 is 0 Å². The molecule has 0 saturated carbocycles. The van der Waals surface area contributed by atoms with Gasteiger partial charge in [0.25, 0.3) is 6.43 Å². The van der Waals surface area contributed by atoms with Crippen molar-refractivity contribution in [2.75, 3.05) is 23.9 Å². The first-order valence-corrected chi connectivity index (χ1v) is 12.6. The summed E-state index contributed by atoms with van der Waals surface area (Å²) in [7, 11) is -1.05. The Balaban J connectivity index is 1.79. The summed E-state index contributed by atoms with van der Waals surface area (Å²) in [5, 5.41) is 3.81. The standard InChI is InChI=1S/C24H25F3N4O2S/c1-13(16-5-4-6-17(22(16)25)23(26)27)29-24-19-11-18(15-7-9-34(28,32)10-8-15)21(33-3)12-20(19)30-14(2)31-24/h4-7,11-13,23,28H,8-10H2,1-3H3,(H,29,30,31)/t13-,34?/m1/s1. The fraction of sp³-hybridized carbons (Fsp3) is 0.333. The van der Waals surface area contributed by atoms with E-state index in [0.717, 1.165) is 17.2 Å². The molecule has 0 fully saturated rings. The van der Waals surface area contributed by atoms with Gasteiger partial charge in [-0.3, -0.25) is 4.78 Å². The number of hydrogen-bond acceptors (Lipinski definition) is 6. The fourth-order valence-corrected chi connectivity index (χ4v) is 5.28. The first-order valence-electron chi connectivity index (χ1n) is 10.7. The second-order valence-corrected chi connectivity index (χ2v) is 10.6. The zero-order chi connectivity index (χ0) is 24.6. The maximum absolute atomic E-state index is 14.7. The Labute approximate surface area is 196 Å². The summed E-state index contributed by atoms with van der Waals surface area (Å²) in [6, 6.07) is 6.94. The van der Waals surface area contributed by atoms with Crippen molar-refractivity contribution in [3.63, 3.8) is 0 Å². The molecular formula is C24H25F3N4O2S. The maximum atomic E-state index is 14.7. The van der Waals surface area contributed by atoms with Crippen LogP contribution in [-0.2, 0) is 9.73 Å². The summed E-state index contributed by atoms with van der Waals surface area (Å²) < 4.78 is 66.5. The number of allylic oxidation sites excluding steroid dienone is 1. The van der Waals surface area contributed by atoms with Crippen molar-refractivity contribution in [2.45, 2.75) is 32.7 Å². The molecule has 2 heterocycles. The van der Waals surface area contributed by atoms with Crippen LogP contribution in [0.15, 0.2) is 36.4 Å². The Bertz CT molecular complexity index is 1390. The van der Waals surface area contributed by atoms with Gasteiger partial charge in [0.05, 0.1) is 30.0 Å². The van der Waals surface area contributed by atoms with Crippen LogP contribution in [0.25, 0.3) is 16.5 Å². The summed E-state index contributed by atoms with van der Waals surface area (Å²) in [5.74, 6) is 1.000. The van der Waals surface area contributed by atoms with Gasteiger partial charge >= 0.3 is 0 Å². The van der Waals surface area contributed by atoms with Gasteiger partial charge in [-0.05, 0) is 31.9 Å². The molecule has 1 aromatic heterocycles. The molecule has 1 aliphatic heterocycles. The average Bonchev–Trinajstić information content (AvgIpc) is 2.78. The fourth-order valence-electron chi connectivity index (χ4n) is 4.10. The van der Waals surface area contributed by atoms with E-state index in [1.807, 2.05) is 6.07 Å². The van der Waals surface area contributed by atoms with Crippen molar-refractivity contribution < 1.29 is 22.1 Å². The van der Waals surface area contributed by atoms with Gasteiger partial charge in [-0.15, -0.1) is 0 Å². The van der Waals surface area contributed by atoms with Crippen LogP contribution in [0.5, 0.6) is 5.75 Å². The van der Waals surface area contributed by atoms with E-state index < -0.39 is 33.6 Å². The predicted molar refractivity (Wildman–Crippen MR) is 127 cm³/mol. The quantitative estimate of drug-likeness (QED) is 0.440. The molecule has 0 radical (unpaired) electrons. The van der Waals surface area contributed by atoms with Gasteiger partial charge in [0.2, 0.25) is 0 Å². The molecule has 3 aromatic rings. The second kappa shape index (κ2) is 9.25. The first kappa shape index (κ1) is 24.0. The molecule has 1 unspecified atom stereocenters. The number of nitrogens with zero attached hydrogens (tertiary/aromatic N) is 2. The lowest BCUT2D eigenvalue weighted by atomic mass is 9.99. The maximum Gasteiger partial charge on any atom is 0.266 e. The molecule has 4 rings (SSSR count). The summed E-state index contributed by atoms with van der Waals surface area (Å²) in [6.45, 7) is 3.40. The third-order valence-electron chi connectivity index (χ3n) is 5.89. The molecule has 2 N–H and O–H groups in total. The lowest BCUT2D eigenvalue weighted by molar-refractivity contribution is 0.146. The Morgan fingerprint density at radius 1 is 1.21 bits per heavy atom. The van der Waals surface area contributed by atoms with Crippen LogP contribution < -0.4 is 10.1 Å². The van der Waals surface area contributed by atoms with Crippen molar-refractivity contribution in [1.29, 1.82) is 4.78 Å². The number of aryl methyl sites for hydroxylation is 1. The third-order valence-corrected chi connectivity index (χ3v) is 7.46. The molecule has 10 heteroatoms. The smallest absolute Gasteiger partial charge is 0.266 e. The topological polar surface area (TPSA) is 88.0 Å². The molecule has 6 nitrogen and oxygen atoms in total. The van der Waals surface area contributed by atoms with Crippen LogP contribution in [0, 0.1) is 17.5 Å². The monoisotopic (exact) mass is 490 g/mol. The molecule has 34 heavy (non-hydrogen) atoms. The van der Waals surface area contributed by atoms with E-state index in [2.05, 4.69) is 15.3 Å². The van der Waals surface area contributed by atoms with Crippen LogP contribution in [0.2, 0.25) is 0 Å². The van der Waals surface area contributed by atoms with Gasteiger partial charge in [0.15, 0.2) is 0 Å². The summed E-state index contributed by atoms with van der Waals surface area (Å²) in [4.78, 5) is 8.98. The number of ether oxygens (including phenoxy) is 1. The summed E-state index contributed by atoms with van der Waals surface area (Å²) >= 11 is 0. The van der Waals surface area contributed by atoms with E-state index in [1.165, 1.54) is 12.1 Å². The normalized spacial score (nSPS) is 19.2. The molecule has 0 saturated heterocycles. The highest BCUT2D eigenvalue weighted by Gasteiger charge is 2.22. The lowest BCUT2D eigenvalue weighted by Crippen LogP contribution is -2.14. The van der Waals surface area contributed by atoms with Crippen molar-refractivity contribution >= 4 is 32.0 Å². The summed E-state index contributed by atoms with van der Waals surface area (Å²) in [6.07, 6.45) is -0.633. The minimum Gasteiger partial charge on any atom is -0.496 e. The van der Waals surface area contributed by atoms with Gasteiger partial charge in [0, 0.05) is 38.1 Å². The lowest BCUT2D eigenvalue weighted by Gasteiger charge is -2.21. The van der Waals surface area contributed by atoms with Crippen molar-refractivity contribution in [3.05, 3.63) is 64.7 Å². The molecule has 0 aliphatic carbocycles. The highest BCUT2D eigenvalue weighted by atomic mass is 32.2. The first-order chi connectivity index (χ1) is 16.1. The Morgan fingerprint density at radius 3 is 2.59 bits per heavy atom. The van der Waals surface area contributed by atoms with E-state index in [9.17, 15) is 17.4 Å². The average molecular weight is 491 g/mol. The van der Waals surface area contributed by atoms with Gasteiger partial charge in [0.1, 0.15) is 23.2 Å². The molecule has 2 aromatic carbocycles. The van der Waals surface area contributed by atoms with Gasteiger partial charge in [-0.2, -0.15) is 0 Å². The van der Waals surface area contributed by atoms with Crippen LogP contribution in [0.3, 0.4) is 0 Å². The highest BCUT2D eigenvalue weighted by molar-refractivity contribution is 7.92. The minimum atomic E-state index is -2.91. The van der Waals surface area contributed by atoms with Crippen molar-refractivity contribution in [1.82, 2.24) is 9.97 Å². The Kier molecular flexibility index (Phi) is 6.53. The SMILES string of the molecule is COc1cc2nc(C)nc(N[C@H](C)c3cccc(C(F)F)c3F)c2cc1C1=CCS(=N)(=O)CC1. The molecule has 2 atom stereocenters. The number of halogens is 3. The number of anilines is 1. The number of nitrogens with one attached hydrogen (secondary N) is 2. The zero-order valence-electron chi connectivity index (χ0n) is 19.0. The number of fused-ring (bicyclic) bond motifs is 1. The van der Waals surface area contributed by atoms with Gasteiger partial charge in [-0.1, -0.05) is 24.3 Å². The van der Waals surface area contributed by atoms with Crippen molar-refractivity contribution in [2.24, 2.45) is 0 Å². The Hall–Kier alpha value is -3.14. The van der Waals surface area contributed by atoms with Gasteiger partial charge < -0.3 is 10.1 Å². The predicted octanol–water partition coefficient (Wildman–Crippen LogP) is 6.03. The minimum absolute atomic E-state index is 0.108. The number of rotatable bonds is 6. The van der Waals surface area contributed by atoms with E-state index in [1.54, 1.807) is 33.1 Å². The van der Waals surface area contributed by atoms with Crippen LogP contribution in [0.1, 0.15) is 48.3 Å². The number of benzene rings is 2. The van der Waals surface area contributed by atoms with Crippen LogP contribution >= 0.6 is 0 Å². The molecule has 0 spiro atoms. The van der Waals surface area contributed by atoms with E-state index in [0.29, 0.717) is 34.7 Å². The largest absolute Gasteiger partial charge is 0.496 e. The summed E-state index contributed by atoms with van der Waals surface area (Å²) in [5.41, 5.74) is 1.76. The Morgan fingerprint density at radius 2 is 1.94 bits per heavy atom. The number of aromatic nitrogens is 2. The van der Waals surface area contributed by atoms with E-state index in [4.69, 9.17) is 9.52 Å². The molecule has 0 bridgehead atoms. The zero-order valence-corrected chi connectivity index (χ0v) is 19.8. The number of methoxy groups -OCH3 is 1. The van der Waals surface area contributed by atoms with Gasteiger partial charge in [-0.25, -0.2) is 27.3 Å². The van der Waals surface area contributed by atoms with Crippen LogP contribution in [-0.4, -0.2) is 32.8 Å². The number of alkyl halides is 2.